The Morgan fingerprint density at radius 3 is 2.79 bits per heavy atom. The molecule has 19 heavy (non-hydrogen) atoms. The number of hydrogen-bond donors (Lipinski definition) is 1. The summed E-state index contributed by atoms with van der Waals surface area (Å²) in [5.41, 5.74) is -0.754. The van der Waals surface area contributed by atoms with E-state index < -0.39 is 11.7 Å². The van der Waals surface area contributed by atoms with Gasteiger partial charge in [-0.25, -0.2) is 4.98 Å². The highest BCUT2D eigenvalue weighted by atomic mass is 19.4. The maximum Gasteiger partial charge on any atom is 0.419 e. The summed E-state index contributed by atoms with van der Waals surface area (Å²) in [4.78, 5) is 3.71. The van der Waals surface area contributed by atoms with Gasteiger partial charge in [0.15, 0.2) is 0 Å². The van der Waals surface area contributed by atoms with Gasteiger partial charge in [-0.15, -0.1) is 5.10 Å². The van der Waals surface area contributed by atoms with Crippen molar-refractivity contribution in [3.05, 3.63) is 36.3 Å². The molecule has 2 aromatic rings. The first-order valence-corrected chi connectivity index (χ1v) is 5.67. The Balaban J connectivity index is 1.89. The van der Waals surface area contributed by atoms with Crippen LogP contribution in [0.2, 0.25) is 0 Å². The van der Waals surface area contributed by atoms with Crippen LogP contribution in [0.3, 0.4) is 0 Å². The van der Waals surface area contributed by atoms with E-state index in [0.29, 0.717) is 19.5 Å². The van der Waals surface area contributed by atoms with Gasteiger partial charge in [0.1, 0.15) is 5.82 Å². The Bertz CT molecular complexity index is 509. The third-order valence-corrected chi connectivity index (χ3v) is 2.44. The lowest BCUT2D eigenvalue weighted by molar-refractivity contribution is -0.137. The summed E-state index contributed by atoms with van der Waals surface area (Å²) in [7, 11) is 0. The number of aromatic nitrogens is 4. The van der Waals surface area contributed by atoms with Gasteiger partial charge in [0.25, 0.3) is 0 Å². The maximum absolute atomic E-state index is 12.7. The minimum absolute atomic E-state index is 0.145. The minimum Gasteiger partial charge on any atom is -0.370 e. The van der Waals surface area contributed by atoms with Crippen molar-refractivity contribution in [2.24, 2.45) is 0 Å². The van der Waals surface area contributed by atoms with Crippen molar-refractivity contribution in [2.75, 3.05) is 11.9 Å². The van der Waals surface area contributed by atoms with E-state index in [1.807, 2.05) is 0 Å². The number of nitrogens with one attached hydrogen (secondary N) is 1. The van der Waals surface area contributed by atoms with E-state index in [4.69, 9.17) is 0 Å². The third kappa shape index (κ3) is 3.67. The van der Waals surface area contributed by atoms with Gasteiger partial charge in [0.2, 0.25) is 0 Å². The van der Waals surface area contributed by atoms with Crippen molar-refractivity contribution in [2.45, 2.75) is 19.1 Å². The zero-order valence-electron chi connectivity index (χ0n) is 9.93. The monoisotopic (exact) mass is 271 g/mol. The van der Waals surface area contributed by atoms with Crippen molar-refractivity contribution in [3.8, 4) is 0 Å². The van der Waals surface area contributed by atoms with Gasteiger partial charge < -0.3 is 5.32 Å². The van der Waals surface area contributed by atoms with Crippen molar-refractivity contribution >= 4 is 5.82 Å². The molecule has 1 N–H and O–H groups in total. The van der Waals surface area contributed by atoms with Gasteiger partial charge in [-0.05, 0) is 18.6 Å². The molecule has 0 saturated carbocycles. The standard InChI is InChI=1S/C11H12F3N5/c12-11(13,14)9-3-1-4-15-10(9)16-5-2-7-19-8-6-17-18-19/h1,3-4,6,8H,2,5,7H2,(H,15,16). The number of alkyl halides is 3. The SMILES string of the molecule is FC(F)(F)c1cccnc1NCCCn1ccnn1. The summed E-state index contributed by atoms with van der Waals surface area (Å²) in [5.74, 6) is -0.145. The topological polar surface area (TPSA) is 55.6 Å². The molecule has 2 heterocycles. The number of halogens is 3. The molecule has 0 aliphatic rings. The minimum atomic E-state index is -4.40. The van der Waals surface area contributed by atoms with Crippen molar-refractivity contribution in [3.63, 3.8) is 0 Å². The van der Waals surface area contributed by atoms with Gasteiger partial charge in [0.05, 0.1) is 11.8 Å². The molecule has 0 bridgehead atoms. The second-order valence-corrected chi connectivity index (χ2v) is 3.84. The Hall–Kier alpha value is -2.12. The van der Waals surface area contributed by atoms with E-state index in [-0.39, 0.29) is 5.82 Å². The molecule has 0 atom stereocenters. The van der Waals surface area contributed by atoms with Crippen LogP contribution in [0.15, 0.2) is 30.7 Å². The Morgan fingerprint density at radius 2 is 2.11 bits per heavy atom. The van der Waals surface area contributed by atoms with Crippen LogP contribution in [-0.4, -0.2) is 26.5 Å². The number of pyridine rings is 1. The fraction of sp³-hybridized carbons (Fsp3) is 0.364. The van der Waals surface area contributed by atoms with Gasteiger partial charge >= 0.3 is 6.18 Å². The number of aryl methyl sites for hydroxylation is 1. The Kier molecular flexibility index (Phi) is 3.98. The molecule has 0 fully saturated rings. The molecule has 0 radical (unpaired) electrons. The van der Waals surface area contributed by atoms with Crippen molar-refractivity contribution in [1.29, 1.82) is 0 Å². The Labute approximate surface area is 107 Å². The number of anilines is 1. The fourth-order valence-corrected chi connectivity index (χ4v) is 1.57. The predicted molar refractivity (Wildman–Crippen MR) is 62.4 cm³/mol. The van der Waals surface area contributed by atoms with Crippen LogP contribution in [0.4, 0.5) is 19.0 Å². The van der Waals surface area contributed by atoms with E-state index in [1.165, 1.54) is 12.3 Å². The number of hydrogen-bond acceptors (Lipinski definition) is 4. The molecule has 102 valence electrons. The highest BCUT2D eigenvalue weighted by Crippen LogP contribution is 2.33. The lowest BCUT2D eigenvalue weighted by atomic mass is 10.2. The highest BCUT2D eigenvalue weighted by Gasteiger charge is 2.33. The molecule has 0 aliphatic carbocycles. The molecule has 5 nitrogen and oxygen atoms in total. The molecule has 0 unspecified atom stereocenters. The largest absolute Gasteiger partial charge is 0.419 e. The first-order chi connectivity index (χ1) is 9.07. The molecule has 2 aromatic heterocycles. The summed E-state index contributed by atoms with van der Waals surface area (Å²) in [6.45, 7) is 0.959. The van der Waals surface area contributed by atoms with Crippen LogP contribution in [0.25, 0.3) is 0 Å². The Morgan fingerprint density at radius 1 is 1.26 bits per heavy atom. The van der Waals surface area contributed by atoms with Crippen molar-refractivity contribution < 1.29 is 13.2 Å². The maximum atomic E-state index is 12.7. The number of rotatable bonds is 5. The van der Waals surface area contributed by atoms with Gasteiger partial charge in [0, 0.05) is 25.5 Å². The molecule has 8 heteroatoms. The van der Waals surface area contributed by atoms with Crippen LogP contribution in [0.5, 0.6) is 0 Å². The van der Waals surface area contributed by atoms with E-state index in [2.05, 4.69) is 20.6 Å². The zero-order valence-corrected chi connectivity index (χ0v) is 9.93. The first-order valence-electron chi connectivity index (χ1n) is 5.67. The molecule has 0 saturated heterocycles. The molecule has 0 amide bonds. The second-order valence-electron chi connectivity index (χ2n) is 3.84. The van der Waals surface area contributed by atoms with Crippen LogP contribution in [-0.2, 0) is 12.7 Å². The summed E-state index contributed by atoms with van der Waals surface area (Å²) in [6, 6.07) is 2.27. The fourth-order valence-electron chi connectivity index (χ4n) is 1.57. The average molecular weight is 271 g/mol. The lowest BCUT2D eigenvalue weighted by Gasteiger charge is -2.12. The summed E-state index contributed by atoms with van der Waals surface area (Å²) in [5, 5.41) is 10.1. The van der Waals surface area contributed by atoms with Gasteiger partial charge in [-0.2, -0.15) is 13.2 Å². The van der Waals surface area contributed by atoms with E-state index in [0.717, 1.165) is 6.07 Å². The quantitative estimate of drug-likeness (QED) is 0.847. The summed E-state index contributed by atoms with van der Waals surface area (Å²) in [6.07, 6.45) is 0.796. The molecule has 0 spiro atoms. The normalized spacial score (nSPS) is 11.5. The highest BCUT2D eigenvalue weighted by molar-refractivity contribution is 5.45. The van der Waals surface area contributed by atoms with Crippen LogP contribution < -0.4 is 5.32 Å². The third-order valence-electron chi connectivity index (χ3n) is 2.44. The molecular weight excluding hydrogens is 259 g/mol. The lowest BCUT2D eigenvalue weighted by Crippen LogP contribution is -2.14. The molecular formula is C11H12F3N5. The zero-order chi connectivity index (χ0) is 13.7. The van der Waals surface area contributed by atoms with E-state index in [1.54, 1.807) is 17.1 Å². The summed E-state index contributed by atoms with van der Waals surface area (Å²) < 4.78 is 39.7. The van der Waals surface area contributed by atoms with E-state index in [9.17, 15) is 13.2 Å². The molecule has 2 rings (SSSR count). The van der Waals surface area contributed by atoms with Crippen LogP contribution in [0, 0.1) is 0 Å². The first kappa shape index (κ1) is 13.3. The smallest absolute Gasteiger partial charge is 0.370 e. The van der Waals surface area contributed by atoms with Gasteiger partial charge in [-0.3, -0.25) is 4.68 Å². The average Bonchev–Trinajstić information content (AvgIpc) is 2.87. The van der Waals surface area contributed by atoms with Crippen LogP contribution in [0.1, 0.15) is 12.0 Å². The van der Waals surface area contributed by atoms with Gasteiger partial charge in [-0.1, -0.05) is 5.21 Å². The molecule has 0 aliphatic heterocycles. The predicted octanol–water partition coefficient (Wildman–Crippen LogP) is 2.19. The number of nitrogens with zero attached hydrogens (tertiary/aromatic N) is 4. The second kappa shape index (κ2) is 5.68. The van der Waals surface area contributed by atoms with Crippen molar-refractivity contribution in [1.82, 2.24) is 20.0 Å². The summed E-state index contributed by atoms with van der Waals surface area (Å²) >= 11 is 0. The van der Waals surface area contributed by atoms with Crippen LogP contribution >= 0.6 is 0 Å². The molecule has 0 aromatic carbocycles. The van der Waals surface area contributed by atoms with E-state index >= 15 is 0 Å².